The van der Waals surface area contributed by atoms with Gasteiger partial charge in [-0.15, -0.1) is 0 Å². The van der Waals surface area contributed by atoms with E-state index in [-0.39, 0.29) is 5.78 Å². The summed E-state index contributed by atoms with van der Waals surface area (Å²) in [4.78, 5) is 20.7. The van der Waals surface area contributed by atoms with Gasteiger partial charge in [-0.25, -0.2) is 4.98 Å². The molecule has 1 atom stereocenters. The summed E-state index contributed by atoms with van der Waals surface area (Å²) in [5, 5.41) is 0. The Balaban J connectivity index is 1.78. The van der Waals surface area contributed by atoms with Crippen molar-refractivity contribution in [1.29, 1.82) is 0 Å². The number of pyridine rings is 1. The van der Waals surface area contributed by atoms with Gasteiger partial charge in [0.15, 0.2) is 5.78 Å². The van der Waals surface area contributed by atoms with Crippen molar-refractivity contribution in [2.75, 3.05) is 31.1 Å². The number of hydrogen-bond donors (Lipinski definition) is 0. The summed E-state index contributed by atoms with van der Waals surface area (Å²) in [6.07, 6.45) is 4.36. The van der Waals surface area contributed by atoms with E-state index in [0.717, 1.165) is 31.0 Å². The lowest BCUT2D eigenvalue weighted by molar-refractivity contribution is 0.101. The molecule has 4 nitrogen and oxygen atoms in total. The molecule has 2 fully saturated rings. The van der Waals surface area contributed by atoms with E-state index in [2.05, 4.69) is 14.8 Å². The van der Waals surface area contributed by atoms with Crippen LogP contribution in [-0.4, -0.2) is 47.9 Å². The lowest BCUT2D eigenvalue weighted by atomic mass is 10.1. The molecule has 0 N–H and O–H groups in total. The van der Waals surface area contributed by atoms with Crippen molar-refractivity contribution in [2.45, 2.75) is 25.8 Å². The normalized spacial score (nSPS) is 24.1. The number of ketones is 1. The molecule has 0 spiro atoms. The molecule has 0 aromatic carbocycles. The summed E-state index contributed by atoms with van der Waals surface area (Å²) in [5.74, 6) is 1.06. The van der Waals surface area contributed by atoms with Crippen LogP contribution in [0.5, 0.6) is 0 Å². The van der Waals surface area contributed by atoms with E-state index in [1.807, 2.05) is 6.07 Å². The summed E-state index contributed by atoms with van der Waals surface area (Å²) in [6.45, 7) is 6.04. The molecule has 1 aromatic heterocycles. The van der Waals surface area contributed by atoms with E-state index in [4.69, 9.17) is 0 Å². The fourth-order valence-corrected chi connectivity index (χ4v) is 3.01. The van der Waals surface area contributed by atoms with Crippen LogP contribution < -0.4 is 4.90 Å². The predicted molar refractivity (Wildman–Crippen MR) is 71.0 cm³/mol. The topological polar surface area (TPSA) is 36.4 Å². The molecule has 96 valence electrons. The summed E-state index contributed by atoms with van der Waals surface area (Å²) < 4.78 is 0. The molecular formula is C14H19N3O. The predicted octanol–water partition coefficient (Wildman–Crippen LogP) is 1.57. The third-order valence-corrected chi connectivity index (χ3v) is 4.06. The number of carbonyl (C=O) groups excluding carboxylic acids is 1. The quantitative estimate of drug-likeness (QED) is 0.741. The van der Waals surface area contributed by atoms with Gasteiger partial charge in [-0.05, 0) is 38.4 Å². The fourth-order valence-electron chi connectivity index (χ4n) is 3.01. The Hall–Kier alpha value is -1.42. The Morgan fingerprint density at radius 1 is 1.39 bits per heavy atom. The van der Waals surface area contributed by atoms with Crippen LogP contribution >= 0.6 is 0 Å². The Morgan fingerprint density at radius 3 is 3.11 bits per heavy atom. The smallest absolute Gasteiger partial charge is 0.159 e. The van der Waals surface area contributed by atoms with Gasteiger partial charge in [-0.2, -0.15) is 0 Å². The van der Waals surface area contributed by atoms with E-state index >= 15 is 0 Å². The zero-order chi connectivity index (χ0) is 12.5. The number of Topliss-reactive ketones (excluding diaryl/α,β-unsaturated/α-hetero) is 1. The van der Waals surface area contributed by atoms with E-state index in [1.165, 1.54) is 19.4 Å². The van der Waals surface area contributed by atoms with Crippen molar-refractivity contribution < 1.29 is 4.79 Å². The molecular weight excluding hydrogens is 226 g/mol. The third-order valence-electron chi connectivity index (χ3n) is 4.06. The van der Waals surface area contributed by atoms with Crippen LogP contribution in [0.15, 0.2) is 18.3 Å². The minimum atomic E-state index is 0.109. The molecule has 0 radical (unpaired) electrons. The summed E-state index contributed by atoms with van der Waals surface area (Å²) in [7, 11) is 0. The van der Waals surface area contributed by atoms with E-state index in [9.17, 15) is 4.79 Å². The summed E-state index contributed by atoms with van der Waals surface area (Å²) in [6, 6.07) is 4.39. The number of piperazine rings is 1. The molecule has 0 bridgehead atoms. The van der Waals surface area contributed by atoms with Crippen molar-refractivity contribution in [3.05, 3.63) is 23.9 Å². The largest absolute Gasteiger partial charge is 0.354 e. The Kier molecular flexibility index (Phi) is 3.04. The average molecular weight is 245 g/mol. The monoisotopic (exact) mass is 245 g/mol. The molecule has 2 aliphatic heterocycles. The first-order valence-electron chi connectivity index (χ1n) is 6.70. The molecule has 0 aliphatic carbocycles. The minimum absolute atomic E-state index is 0.109. The highest BCUT2D eigenvalue weighted by molar-refractivity contribution is 5.94. The van der Waals surface area contributed by atoms with Crippen molar-refractivity contribution >= 4 is 11.6 Å². The molecule has 3 heterocycles. The Labute approximate surface area is 108 Å². The van der Waals surface area contributed by atoms with Gasteiger partial charge in [0.05, 0.1) is 0 Å². The number of rotatable bonds is 2. The lowest BCUT2D eigenvalue weighted by Crippen LogP contribution is -2.50. The standard InChI is InChI=1S/C14H19N3O/c1-11(18)12-4-5-15-14(9-12)17-8-7-16-6-2-3-13(16)10-17/h4-5,9,13H,2-3,6-8,10H2,1H3. The SMILES string of the molecule is CC(=O)c1ccnc(N2CCN3CCCC3C2)c1. The first-order valence-corrected chi connectivity index (χ1v) is 6.70. The minimum Gasteiger partial charge on any atom is -0.354 e. The van der Waals surface area contributed by atoms with Crippen LogP contribution in [0, 0.1) is 0 Å². The Morgan fingerprint density at radius 2 is 2.28 bits per heavy atom. The molecule has 1 aromatic rings. The Bertz CT molecular complexity index is 460. The van der Waals surface area contributed by atoms with Crippen LogP contribution in [0.3, 0.4) is 0 Å². The van der Waals surface area contributed by atoms with Gasteiger partial charge in [0, 0.05) is 37.4 Å². The van der Waals surface area contributed by atoms with Crippen molar-refractivity contribution in [1.82, 2.24) is 9.88 Å². The number of carbonyl (C=O) groups is 1. The second-order valence-electron chi connectivity index (χ2n) is 5.24. The van der Waals surface area contributed by atoms with Gasteiger partial charge < -0.3 is 4.90 Å². The zero-order valence-electron chi connectivity index (χ0n) is 10.8. The van der Waals surface area contributed by atoms with Gasteiger partial charge >= 0.3 is 0 Å². The number of nitrogens with zero attached hydrogens (tertiary/aromatic N) is 3. The maximum absolute atomic E-state index is 11.4. The van der Waals surface area contributed by atoms with Crippen molar-refractivity contribution in [3.63, 3.8) is 0 Å². The second-order valence-corrected chi connectivity index (χ2v) is 5.24. The van der Waals surface area contributed by atoms with Crippen molar-refractivity contribution in [2.24, 2.45) is 0 Å². The zero-order valence-corrected chi connectivity index (χ0v) is 10.8. The first-order chi connectivity index (χ1) is 8.74. The lowest BCUT2D eigenvalue weighted by Gasteiger charge is -2.38. The maximum atomic E-state index is 11.4. The molecule has 0 amide bonds. The number of aromatic nitrogens is 1. The molecule has 3 rings (SSSR count). The molecule has 0 saturated carbocycles. The molecule has 2 aliphatic rings. The second kappa shape index (κ2) is 4.69. The van der Waals surface area contributed by atoms with Gasteiger partial charge in [-0.3, -0.25) is 9.69 Å². The first kappa shape index (κ1) is 11.7. The van der Waals surface area contributed by atoms with Gasteiger partial charge in [-0.1, -0.05) is 0 Å². The van der Waals surface area contributed by atoms with Gasteiger partial charge in [0.1, 0.15) is 5.82 Å². The van der Waals surface area contributed by atoms with Gasteiger partial charge in [0.2, 0.25) is 0 Å². The third kappa shape index (κ3) is 2.12. The molecule has 4 heteroatoms. The summed E-state index contributed by atoms with van der Waals surface area (Å²) >= 11 is 0. The van der Waals surface area contributed by atoms with E-state index in [1.54, 1.807) is 19.2 Å². The van der Waals surface area contributed by atoms with E-state index < -0.39 is 0 Å². The number of hydrogen-bond acceptors (Lipinski definition) is 4. The van der Waals surface area contributed by atoms with Crippen LogP contribution in [-0.2, 0) is 0 Å². The van der Waals surface area contributed by atoms with Crippen molar-refractivity contribution in [3.8, 4) is 0 Å². The van der Waals surface area contributed by atoms with Crippen LogP contribution in [0.1, 0.15) is 30.1 Å². The fraction of sp³-hybridized carbons (Fsp3) is 0.571. The molecule has 18 heavy (non-hydrogen) atoms. The summed E-state index contributed by atoms with van der Waals surface area (Å²) in [5.41, 5.74) is 0.758. The van der Waals surface area contributed by atoms with Crippen LogP contribution in [0.2, 0.25) is 0 Å². The number of fused-ring (bicyclic) bond motifs is 1. The number of anilines is 1. The average Bonchev–Trinajstić information content (AvgIpc) is 2.86. The molecule has 2 saturated heterocycles. The van der Waals surface area contributed by atoms with E-state index in [0.29, 0.717) is 6.04 Å². The highest BCUT2D eigenvalue weighted by atomic mass is 16.1. The van der Waals surface area contributed by atoms with Crippen LogP contribution in [0.4, 0.5) is 5.82 Å². The van der Waals surface area contributed by atoms with Gasteiger partial charge in [0.25, 0.3) is 0 Å². The molecule has 1 unspecified atom stereocenters. The maximum Gasteiger partial charge on any atom is 0.159 e. The highest BCUT2D eigenvalue weighted by Crippen LogP contribution is 2.24. The van der Waals surface area contributed by atoms with Crippen LogP contribution in [0.25, 0.3) is 0 Å². The highest BCUT2D eigenvalue weighted by Gasteiger charge is 2.30.